The highest BCUT2D eigenvalue weighted by Crippen LogP contribution is 2.37. The van der Waals surface area contributed by atoms with E-state index in [1.54, 1.807) is 7.11 Å². The summed E-state index contributed by atoms with van der Waals surface area (Å²) in [4.78, 5) is 32.7. The fraction of sp³-hybridized carbons (Fsp3) is 0.514. The van der Waals surface area contributed by atoms with E-state index in [1.807, 2.05) is 41.9 Å². The van der Waals surface area contributed by atoms with Crippen molar-refractivity contribution in [3.05, 3.63) is 90.0 Å². The minimum atomic E-state index is -0.100. The number of carbonyl (C=O) groups excluding carboxylic acids is 2. The molecule has 0 N–H and O–H groups in total. The van der Waals surface area contributed by atoms with Gasteiger partial charge in [0.15, 0.2) is 0 Å². The summed E-state index contributed by atoms with van der Waals surface area (Å²) in [6, 6.07) is 16.6. The summed E-state index contributed by atoms with van der Waals surface area (Å²) in [5.74, 6) is 0.990. The SMILES string of the molecule is C/C=C/C1(c2ccc(OC)cc2)CCCN(Cc2cccc(C(=O)N3CCCC(C(=O)N(CC)CC)C3)c2)C1.C=CCC. The second-order valence-electron chi connectivity index (χ2n) is 11.7. The molecule has 2 aromatic rings. The van der Waals surface area contributed by atoms with Gasteiger partial charge in [0.25, 0.3) is 5.91 Å². The van der Waals surface area contributed by atoms with Gasteiger partial charge in [-0.05, 0) is 94.8 Å². The molecule has 0 aromatic heterocycles. The number of carbonyl (C=O) groups is 2. The van der Waals surface area contributed by atoms with Crippen molar-refractivity contribution in [1.29, 1.82) is 0 Å². The summed E-state index contributed by atoms with van der Waals surface area (Å²) in [6.07, 6.45) is 11.4. The maximum absolute atomic E-state index is 13.5. The van der Waals surface area contributed by atoms with E-state index >= 15 is 0 Å². The molecule has 2 unspecified atom stereocenters. The monoisotopic (exact) mass is 587 g/mol. The number of hydrogen-bond acceptors (Lipinski definition) is 4. The van der Waals surface area contributed by atoms with Crippen LogP contribution in [-0.2, 0) is 16.8 Å². The predicted octanol–water partition coefficient (Wildman–Crippen LogP) is 7.11. The molecular weight excluding hydrogens is 534 g/mol. The Bertz CT molecular complexity index is 1200. The van der Waals surface area contributed by atoms with Crippen LogP contribution in [0.1, 0.15) is 81.3 Å². The molecule has 2 amide bonds. The first-order chi connectivity index (χ1) is 20.8. The first-order valence-corrected chi connectivity index (χ1v) is 16.1. The number of nitrogens with zero attached hydrogens (tertiary/aromatic N) is 3. The molecule has 2 fully saturated rings. The van der Waals surface area contributed by atoms with Gasteiger partial charge in [0.2, 0.25) is 5.91 Å². The molecule has 0 spiro atoms. The molecule has 0 saturated carbocycles. The zero-order chi connectivity index (χ0) is 31.2. The number of allylic oxidation sites excluding steroid dienone is 2. The molecule has 2 aliphatic rings. The summed E-state index contributed by atoms with van der Waals surface area (Å²) in [5, 5.41) is 0. The van der Waals surface area contributed by atoms with Crippen LogP contribution in [0, 0.1) is 5.92 Å². The highest BCUT2D eigenvalue weighted by atomic mass is 16.5. The number of amides is 2. The van der Waals surface area contributed by atoms with Crippen LogP contribution in [0.15, 0.2) is 73.3 Å². The maximum Gasteiger partial charge on any atom is 0.253 e. The Kier molecular flexibility index (Phi) is 13.5. The first-order valence-electron chi connectivity index (χ1n) is 16.1. The molecule has 2 saturated heterocycles. The maximum atomic E-state index is 13.5. The van der Waals surface area contributed by atoms with Gasteiger partial charge in [-0.25, -0.2) is 0 Å². The quantitative estimate of drug-likeness (QED) is 0.278. The molecule has 4 rings (SSSR count). The molecule has 2 atom stereocenters. The lowest BCUT2D eigenvalue weighted by Gasteiger charge is -2.42. The predicted molar refractivity (Wildman–Crippen MR) is 177 cm³/mol. The second-order valence-corrected chi connectivity index (χ2v) is 11.7. The molecule has 234 valence electrons. The van der Waals surface area contributed by atoms with Crippen LogP contribution in [0.4, 0.5) is 0 Å². The van der Waals surface area contributed by atoms with E-state index in [1.165, 1.54) is 5.56 Å². The van der Waals surface area contributed by atoms with Gasteiger partial charge in [0, 0.05) is 50.2 Å². The van der Waals surface area contributed by atoms with Crippen molar-refractivity contribution in [1.82, 2.24) is 14.7 Å². The molecule has 6 heteroatoms. The second kappa shape index (κ2) is 17.0. The molecule has 0 radical (unpaired) electrons. The average molecular weight is 588 g/mol. The largest absolute Gasteiger partial charge is 0.497 e. The van der Waals surface area contributed by atoms with Gasteiger partial charge < -0.3 is 14.5 Å². The Balaban J connectivity index is 0.00000119. The number of piperidine rings is 2. The van der Waals surface area contributed by atoms with Gasteiger partial charge in [0.1, 0.15) is 5.75 Å². The third kappa shape index (κ3) is 9.06. The Morgan fingerprint density at radius 1 is 1.07 bits per heavy atom. The summed E-state index contributed by atoms with van der Waals surface area (Å²) in [5.41, 5.74) is 3.15. The van der Waals surface area contributed by atoms with E-state index < -0.39 is 0 Å². The molecule has 0 aliphatic carbocycles. The fourth-order valence-corrected chi connectivity index (χ4v) is 6.42. The third-order valence-electron chi connectivity index (χ3n) is 8.76. The zero-order valence-corrected chi connectivity index (χ0v) is 27.2. The number of hydrogen-bond donors (Lipinski definition) is 0. The Morgan fingerprint density at radius 2 is 1.79 bits per heavy atom. The first kappa shape index (κ1) is 34.1. The molecule has 2 heterocycles. The Morgan fingerprint density at radius 3 is 2.42 bits per heavy atom. The van der Waals surface area contributed by atoms with Crippen LogP contribution >= 0.6 is 0 Å². The van der Waals surface area contributed by atoms with Crippen LogP contribution in [0.5, 0.6) is 5.75 Å². The van der Waals surface area contributed by atoms with Gasteiger partial charge in [-0.15, -0.1) is 6.58 Å². The molecule has 0 bridgehead atoms. The highest BCUT2D eigenvalue weighted by molar-refractivity contribution is 5.95. The number of methoxy groups -OCH3 is 1. The number of likely N-dealkylation sites (tertiary alicyclic amines) is 2. The number of ether oxygens (including phenoxy) is 1. The van der Waals surface area contributed by atoms with Gasteiger partial charge in [-0.3, -0.25) is 14.5 Å². The molecule has 43 heavy (non-hydrogen) atoms. The Hall–Kier alpha value is -3.38. The van der Waals surface area contributed by atoms with Crippen LogP contribution in [0.3, 0.4) is 0 Å². The van der Waals surface area contributed by atoms with E-state index in [2.05, 4.69) is 73.9 Å². The van der Waals surface area contributed by atoms with Crippen LogP contribution in [0.2, 0.25) is 0 Å². The highest BCUT2D eigenvalue weighted by Gasteiger charge is 2.35. The fourth-order valence-electron chi connectivity index (χ4n) is 6.42. The van der Waals surface area contributed by atoms with Gasteiger partial charge in [-0.1, -0.05) is 49.4 Å². The van der Waals surface area contributed by atoms with Crippen molar-refractivity contribution in [2.45, 2.75) is 71.8 Å². The number of rotatable bonds is 10. The van der Waals surface area contributed by atoms with Crippen LogP contribution in [0.25, 0.3) is 0 Å². The normalized spacial score (nSPS) is 20.7. The summed E-state index contributed by atoms with van der Waals surface area (Å²) >= 11 is 0. The van der Waals surface area contributed by atoms with E-state index in [0.29, 0.717) is 26.2 Å². The van der Waals surface area contributed by atoms with E-state index in [4.69, 9.17) is 4.74 Å². The molecular formula is C37H53N3O3. The van der Waals surface area contributed by atoms with Gasteiger partial charge >= 0.3 is 0 Å². The van der Waals surface area contributed by atoms with Crippen molar-refractivity contribution in [2.24, 2.45) is 5.92 Å². The molecule has 2 aliphatic heterocycles. The average Bonchev–Trinajstić information content (AvgIpc) is 3.05. The lowest BCUT2D eigenvalue weighted by Crippen LogP contribution is -2.46. The minimum Gasteiger partial charge on any atom is -0.497 e. The summed E-state index contributed by atoms with van der Waals surface area (Å²) in [6.45, 7) is 17.1. The van der Waals surface area contributed by atoms with E-state index in [9.17, 15) is 9.59 Å². The molecule has 2 aromatic carbocycles. The summed E-state index contributed by atoms with van der Waals surface area (Å²) in [7, 11) is 1.70. The van der Waals surface area contributed by atoms with E-state index in [0.717, 1.165) is 68.6 Å². The van der Waals surface area contributed by atoms with Crippen molar-refractivity contribution >= 4 is 11.8 Å². The van der Waals surface area contributed by atoms with Crippen molar-refractivity contribution in [3.63, 3.8) is 0 Å². The topological polar surface area (TPSA) is 53.1 Å². The van der Waals surface area contributed by atoms with E-state index in [-0.39, 0.29) is 23.1 Å². The third-order valence-corrected chi connectivity index (χ3v) is 8.76. The van der Waals surface area contributed by atoms with Crippen molar-refractivity contribution in [3.8, 4) is 5.75 Å². The minimum absolute atomic E-state index is 0.0348. The zero-order valence-electron chi connectivity index (χ0n) is 27.2. The summed E-state index contributed by atoms with van der Waals surface area (Å²) < 4.78 is 5.38. The standard InChI is InChI=1S/C33H45N3O3.C4H8/c1-5-18-33(29-14-16-30(39-4)17-15-29)19-10-20-34(25-33)23-26-11-8-12-27(22-26)31(37)36-21-9-13-28(24-36)32(38)35(6-2)7-3;1-3-4-2/h5,8,11-12,14-18,22,28H,6-7,9-10,13,19-21,23-25H2,1-4H3;3H,1,4H2,2H3/b18-5+;. The smallest absolute Gasteiger partial charge is 0.253 e. The van der Waals surface area contributed by atoms with Gasteiger partial charge in [0.05, 0.1) is 13.0 Å². The number of benzene rings is 2. The lowest BCUT2D eigenvalue weighted by molar-refractivity contribution is -0.136. The van der Waals surface area contributed by atoms with Crippen molar-refractivity contribution < 1.29 is 14.3 Å². The van der Waals surface area contributed by atoms with Crippen LogP contribution < -0.4 is 4.74 Å². The Labute approximate surface area is 260 Å². The van der Waals surface area contributed by atoms with Crippen molar-refractivity contribution in [2.75, 3.05) is 46.4 Å². The van der Waals surface area contributed by atoms with Crippen LogP contribution in [-0.4, -0.2) is 72.9 Å². The van der Waals surface area contributed by atoms with Gasteiger partial charge in [-0.2, -0.15) is 0 Å². The molecule has 6 nitrogen and oxygen atoms in total. The lowest BCUT2D eigenvalue weighted by atomic mass is 9.73.